The number of hydrogen-bond donors (Lipinski definition) is 2. The molecule has 0 saturated carbocycles. The van der Waals surface area contributed by atoms with Gasteiger partial charge in [-0.2, -0.15) is 10.2 Å². The zero-order valence-corrected chi connectivity index (χ0v) is 15.7. The van der Waals surface area contributed by atoms with Crippen molar-refractivity contribution in [3.63, 3.8) is 0 Å². The zero-order valence-electron chi connectivity index (χ0n) is 15.7. The molecule has 2 aromatic carbocycles. The van der Waals surface area contributed by atoms with Gasteiger partial charge in [0.15, 0.2) is 11.6 Å². The summed E-state index contributed by atoms with van der Waals surface area (Å²) in [7, 11) is 0. The number of carbonyl (C=O) groups is 1. The molecule has 1 heterocycles. The molecule has 1 aliphatic rings. The molecule has 0 atom stereocenters. The van der Waals surface area contributed by atoms with Crippen molar-refractivity contribution in [3.05, 3.63) is 59.2 Å². The Balaban J connectivity index is 1.57. The van der Waals surface area contributed by atoms with Crippen molar-refractivity contribution in [2.45, 2.75) is 13.5 Å². The van der Waals surface area contributed by atoms with Crippen molar-refractivity contribution in [1.82, 2.24) is 10.2 Å². The first-order valence-electron chi connectivity index (χ1n) is 9.16. The van der Waals surface area contributed by atoms with Gasteiger partial charge in [-0.1, -0.05) is 12.1 Å². The third-order valence-corrected chi connectivity index (χ3v) is 4.50. The van der Waals surface area contributed by atoms with Crippen molar-refractivity contribution in [3.8, 4) is 0 Å². The van der Waals surface area contributed by atoms with Gasteiger partial charge in [0, 0.05) is 44.5 Å². The van der Waals surface area contributed by atoms with Crippen LogP contribution in [0.1, 0.15) is 11.1 Å². The number of nitrogens with one attached hydrogen (secondary N) is 2. The molecule has 3 rings (SSSR count). The monoisotopic (exact) mass is 387 g/mol. The maximum atomic E-state index is 13.1. The second-order valence-corrected chi connectivity index (χ2v) is 6.72. The number of rotatable bonds is 6. The zero-order chi connectivity index (χ0) is 19.9. The summed E-state index contributed by atoms with van der Waals surface area (Å²) in [5.41, 5.74) is 2.97. The maximum Gasteiger partial charge on any atom is 0.247 e. The van der Waals surface area contributed by atoms with Gasteiger partial charge >= 0.3 is 0 Å². The van der Waals surface area contributed by atoms with Crippen LogP contribution < -0.4 is 10.6 Å². The summed E-state index contributed by atoms with van der Waals surface area (Å²) >= 11 is 0. The van der Waals surface area contributed by atoms with Crippen LogP contribution in [-0.2, 0) is 11.3 Å². The van der Waals surface area contributed by atoms with E-state index in [-0.39, 0.29) is 18.1 Å². The predicted octanol–water partition coefficient (Wildman–Crippen LogP) is 3.40. The lowest BCUT2D eigenvalue weighted by atomic mass is 10.1. The molecule has 0 unspecified atom stereocenters. The second kappa shape index (κ2) is 9.48. The summed E-state index contributed by atoms with van der Waals surface area (Å²) in [5, 5.41) is 13.7. The predicted molar refractivity (Wildman–Crippen MR) is 104 cm³/mol. The Labute approximate surface area is 162 Å². The average Bonchev–Trinajstić information content (AvgIpc) is 2.68. The molecule has 0 aliphatic carbocycles. The van der Waals surface area contributed by atoms with Gasteiger partial charge in [0.2, 0.25) is 5.91 Å². The highest BCUT2D eigenvalue weighted by molar-refractivity contribution is 5.93. The van der Waals surface area contributed by atoms with Crippen LogP contribution in [-0.4, -0.2) is 43.5 Å². The topological polar surface area (TPSA) is 69.1 Å². The molecule has 148 valence electrons. The molecular formula is C20H23F2N5O. The van der Waals surface area contributed by atoms with E-state index in [1.807, 2.05) is 19.1 Å². The molecule has 28 heavy (non-hydrogen) atoms. The van der Waals surface area contributed by atoms with Crippen LogP contribution in [0.2, 0.25) is 0 Å². The van der Waals surface area contributed by atoms with Crippen molar-refractivity contribution < 1.29 is 13.6 Å². The molecule has 6 nitrogen and oxygen atoms in total. The van der Waals surface area contributed by atoms with Gasteiger partial charge in [-0.3, -0.25) is 9.69 Å². The third-order valence-electron chi connectivity index (χ3n) is 4.50. The minimum atomic E-state index is -1.00. The summed E-state index contributed by atoms with van der Waals surface area (Å²) < 4.78 is 26.0. The SMILES string of the molecule is Cc1ccc(CN2CCNCC2)cc1NC(=O)C/N=N/c1ccc(F)c(F)c1. The van der Waals surface area contributed by atoms with E-state index in [4.69, 9.17) is 0 Å². The van der Waals surface area contributed by atoms with Crippen LogP contribution in [0.25, 0.3) is 0 Å². The Bertz CT molecular complexity index is 866. The van der Waals surface area contributed by atoms with Crippen molar-refractivity contribution in [2.24, 2.45) is 10.2 Å². The molecule has 0 aromatic heterocycles. The van der Waals surface area contributed by atoms with Gasteiger partial charge in [-0.05, 0) is 36.2 Å². The first-order chi connectivity index (χ1) is 13.5. The summed E-state index contributed by atoms with van der Waals surface area (Å²) in [4.78, 5) is 14.5. The first kappa shape index (κ1) is 20.0. The molecule has 1 aliphatic heterocycles. The Morgan fingerprint density at radius 2 is 1.93 bits per heavy atom. The maximum absolute atomic E-state index is 13.1. The normalized spacial score (nSPS) is 15.1. The van der Waals surface area contributed by atoms with Crippen LogP contribution in [0.5, 0.6) is 0 Å². The van der Waals surface area contributed by atoms with E-state index in [0.29, 0.717) is 0 Å². The van der Waals surface area contributed by atoms with E-state index in [0.717, 1.165) is 61.7 Å². The fraction of sp³-hybridized carbons (Fsp3) is 0.350. The second-order valence-electron chi connectivity index (χ2n) is 6.72. The van der Waals surface area contributed by atoms with Gasteiger partial charge in [0.1, 0.15) is 6.54 Å². The molecule has 1 amide bonds. The largest absolute Gasteiger partial charge is 0.324 e. The summed E-state index contributed by atoms with van der Waals surface area (Å²) in [6, 6.07) is 9.22. The first-order valence-corrected chi connectivity index (χ1v) is 9.16. The highest BCUT2D eigenvalue weighted by atomic mass is 19.2. The number of azo groups is 1. The smallest absolute Gasteiger partial charge is 0.247 e. The van der Waals surface area contributed by atoms with Crippen molar-refractivity contribution >= 4 is 17.3 Å². The fourth-order valence-corrected chi connectivity index (χ4v) is 2.95. The van der Waals surface area contributed by atoms with Crippen LogP contribution in [0, 0.1) is 18.6 Å². The summed E-state index contributed by atoms with van der Waals surface area (Å²) in [6.07, 6.45) is 0. The minimum absolute atomic E-state index is 0.154. The number of aryl methyl sites for hydroxylation is 1. The Morgan fingerprint density at radius 1 is 1.14 bits per heavy atom. The Kier molecular flexibility index (Phi) is 6.78. The number of benzene rings is 2. The summed E-state index contributed by atoms with van der Waals surface area (Å²) in [6.45, 7) is 6.52. The van der Waals surface area contributed by atoms with Gasteiger partial charge in [-0.15, -0.1) is 0 Å². The molecule has 2 aromatic rings. The molecular weight excluding hydrogens is 364 g/mol. The van der Waals surface area contributed by atoms with Gasteiger partial charge in [0.05, 0.1) is 5.69 Å². The molecule has 0 spiro atoms. The fourth-order valence-electron chi connectivity index (χ4n) is 2.95. The van der Waals surface area contributed by atoms with Crippen molar-refractivity contribution in [1.29, 1.82) is 0 Å². The van der Waals surface area contributed by atoms with E-state index >= 15 is 0 Å². The Morgan fingerprint density at radius 3 is 2.68 bits per heavy atom. The Hall–Kier alpha value is -2.71. The van der Waals surface area contributed by atoms with E-state index < -0.39 is 11.6 Å². The van der Waals surface area contributed by atoms with Gasteiger partial charge in [0.25, 0.3) is 0 Å². The summed E-state index contributed by atoms with van der Waals surface area (Å²) in [5.74, 6) is -2.28. The molecule has 2 N–H and O–H groups in total. The van der Waals surface area contributed by atoms with E-state index in [1.165, 1.54) is 6.07 Å². The number of piperazine rings is 1. The number of carbonyl (C=O) groups excluding carboxylic acids is 1. The number of anilines is 1. The van der Waals surface area contributed by atoms with Crippen LogP contribution >= 0.6 is 0 Å². The van der Waals surface area contributed by atoms with E-state index in [2.05, 4.69) is 31.8 Å². The van der Waals surface area contributed by atoms with Crippen LogP contribution in [0.15, 0.2) is 46.6 Å². The lowest BCUT2D eigenvalue weighted by molar-refractivity contribution is -0.114. The third kappa shape index (κ3) is 5.64. The van der Waals surface area contributed by atoms with Gasteiger partial charge in [-0.25, -0.2) is 8.78 Å². The van der Waals surface area contributed by atoms with Crippen LogP contribution in [0.4, 0.5) is 20.2 Å². The quantitative estimate of drug-likeness (QED) is 0.747. The number of halogens is 2. The molecule has 1 fully saturated rings. The molecule has 1 saturated heterocycles. The minimum Gasteiger partial charge on any atom is -0.324 e. The number of nitrogens with zero attached hydrogens (tertiary/aromatic N) is 3. The number of hydrogen-bond acceptors (Lipinski definition) is 5. The number of amides is 1. The van der Waals surface area contributed by atoms with E-state index in [1.54, 1.807) is 0 Å². The van der Waals surface area contributed by atoms with Gasteiger partial charge < -0.3 is 10.6 Å². The highest BCUT2D eigenvalue weighted by Gasteiger charge is 2.11. The van der Waals surface area contributed by atoms with Crippen LogP contribution in [0.3, 0.4) is 0 Å². The van der Waals surface area contributed by atoms with E-state index in [9.17, 15) is 13.6 Å². The lowest BCUT2D eigenvalue weighted by Gasteiger charge is -2.27. The molecule has 0 radical (unpaired) electrons. The lowest BCUT2D eigenvalue weighted by Crippen LogP contribution is -2.42. The highest BCUT2D eigenvalue weighted by Crippen LogP contribution is 2.19. The molecule has 8 heteroatoms. The van der Waals surface area contributed by atoms with Crippen molar-refractivity contribution in [2.75, 3.05) is 38.0 Å². The molecule has 0 bridgehead atoms. The average molecular weight is 387 g/mol. The standard InChI is InChI=1S/C20H23F2N5O/c1-14-2-3-15(13-27-8-6-23-7-9-27)10-19(14)25-20(28)12-24-26-16-4-5-17(21)18(22)11-16/h2-5,10-11,23H,6-9,12-13H2,1H3,(H,25,28)/b26-24+.